The van der Waals surface area contributed by atoms with Crippen molar-refractivity contribution in [1.29, 1.82) is 0 Å². The zero-order chi connectivity index (χ0) is 21.9. The van der Waals surface area contributed by atoms with Gasteiger partial charge in [-0.05, 0) is 62.2 Å². The molecule has 3 saturated carbocycles. The van der Waals surface area contributed by atoms with Gasteiger partial charge in [-0.1, -0.05) is 52.2 Å². The fourth-order valence-electron chi connectivity index (χ4n) is 7.50. The van der Waals surface area contributed by atoms with Gasteiger partial charge in [-0.3, -0.25) is 0 Å². The highest BCUT2D eigenvalue weighted by Crippen LogP contribution is 2.62. The summed E-state index contributed by atoms with van der Waals surface area (Å²) in [5.41, 5.74) is 2.13. The molecule has 0 aromatic carbocycles. The highest BCUT2D eigenvalue weighted by molar-refractivity contribution is 7.15. The van der Waals surface area contributed by atoms with Gasteiger partial charge in [0.15, 0.2) is 5.13 Å². The number of nitrogens with one attached hydrogen (secondary N) is 1. The van der Waals surface area contributed by atoms with Gasteiger partial charge in [-0.15, -0.1) is 11.3 Å². The smallest absolute Gasteiger partial charge is 0.183 e. The third-order valence-electron chi connectivity index (χ3n) is 9.44. The first-order valence-corrected chi connectivity index (χ1v) is 13.4. The molecule has 1 aromatic heterocycles. The minimum Gasteiger partial charge on any atom is -0.390 e. The van der Waals surface area contributed by atoms with Gasteiger partial charge < -0.3 is 15.5 Å². The molecular formula is C26H40N2O2S. The van der Waals surface area contributed by atoms with Crippen LogP contribution in [-0.4, -0.2) is 33.4 Å². The molecule has 0 aliphatic heterocycles. The van der Waals surface area contributed by atoms with Crippen molar-refractivity contribution in [3.8, 4) is 0 Å². The SMILES string of the molecule is C=C1CC2(C)C(O)C(O)C3C(C)Cc4sc(NC5CCCCC5)nc4C3C2CCC1C. The molecule has 172 valence electrons. The molecule has 3 N–H and O–H groups in total. The van der Waals surface area contributed by atoms with E-state index in [0.29, 0.717) is 23.8 Å². The molecule has 4 aliphatic rings. The van der Waals surface area contributed by atoms with Crippen molar-refractivity contribution in [3.63, 3.8) is 0 Å². The normalized spacial score (nSPS) is 43.5. The van der Waals surface area contributed by atoms with E-state index < -0.39 is 12.2 Å². The number of hydrogen-bond acceptors (Lipinski definition) is 5. The van der Waals surface area contributed by atoms with Crippen LogP contribution < -0.4 is 5.32 Å². The molecule has 8 unspecified atom stereocenters. The maximum atomic E-state index is 11.4. The van der Waals surface area contributed by atoms with E-state index in [9.17, 15) is 10.2 Å². The number of rotatable bonds is 2. The first-order valence-electron chi connectivity index (χ1n) is 12.6. The summed E-state index contributed by atoms with van der Waals surface area (Å²) in [7, 11) is 0. The molecule has 5 rings (SSSR count). The second-order valence-electron chi connectivity index (χ2n) is 11.5. The lowest BCUT2D eigenvalue weighted by molar-refractivity contribution is -0.166. The first kappa shape index (κ1) is 21.9. The number of allylic oxidation sites excluding steroid dienone is 1. The average molecular weight is 445 g/mol. The molecule has 0 spiro atoms. The van der Waals surface area contributed by atoms with Crippen molar-refractivity contribution in [2.45, 2.75) is 103 Å². The van der Waals surface area contributed by atoms with Gasteiger partial charge in [0.05, 0.1) is 17.9 Å². The number of nitrogens with zero attached hydrogens (tertiary/aromatic N) is 1. The second kappa shape index (κ2) is 8.14. The van der Waals surface area contributed by atoms with Crippen molar-refractivity contribution in [2.75, 3.05) is 5.32 Å². The molecule has 5 heteroatoms. The summed E-state index contributed by atoms with van der Waals surface area (Å²) >= 11 is 1.85. The van der Waals surface area contributed by atoms with Gasteiger partial charge in [0.25, 0.3) is 0 Å². The summed E-state index contributed by atoms with van der Waals surface area (Å²) in [4.78, 5) is 6.62. The standard InChI is InChI=1S/C26H40N2O2S/c1-14-10-11-18-21-20(23(29)24(30)26(18,4)13-16(14)3)15(2)12-19-22(21)28-25(31-19)27-17-8-6-5-7-9-17/h14-15,17-18,20-21,23-24,29-30H,3,5-13H2,1-2,4H3,(H,27,28). The van der Waals surface area contributed by atoms with Gasteiger partial charge in [0.1, 0.15) is 0 Å². The van der Waals surface area contributed by atoms with E-state index in [1.807, 2.05) is 11.3 Å². The van der Waals surface area contributed by atoms with E-state index in [4.69, 9.17) is 4.98 Å². The van der Waals surface area contributed by atoms with Crippen LogP contribution in [0.5, 0.6) is 0 Å². The van der Waals surface area contributed by atoms with Crippen molar-refractivity contribution in [2.24, 2.45) is 29.1 Å². The molecular weight excluding hydrogens is 404 g/mol. The molecule has 0 bridgehead atoms. The second-order valence-corrected chi connectivity index (χ2v) is 12.5. The molecule has 4 aliphatic carbocycles. The monoisotopic (exact) mass is 444 g/mol. The topological polar surface area (TPSA) is 65.4 Å². The number of aliphatic hydroxyl groups is 2. The fraction of sp³-hybridized carbons (Fsp3) is 0.808. The maximum Gasteiger partial charge on any atom is 0.183 e. The van der Waals surface area contributed by atoms with Crippen molar-refractivity contribution in [1.82, 2.24) is 4.98 Å². The molecule has 31 heavy (non-hydrogen) atoms. The number of aliphatic hydroxyl groups excluding tert-OH is 2. The summed E-state index contributed by atoms with van der Waals surface area (Å²) in [5, 5.41) is 27.6. The van der Waals surface area contributed by atoms with Crippen LogP contribution in [0.25, 0.3) is 0 Å². The number of fused-ring (bicyclic) bond motifs is 5. The van der Waals surface area contributed by atoms with Gasteiger partial charge in [-0.25, -0.2) is 4.98 Å². The maximum absolute atomic E-state index is 11.4. The predicted octanol–water partition coefficient (Wildman–Crippen LogP) is 5.51. The number of hydrogen-bond donors (Lipinski definition) is 3. The van der Waals surface area contributed by atoms with Gasteiger partial charge >= 0.3 is 0 Å². The van der Waals surface area contributed by atoms with Crippen LogP contribution in [0.1, 0.15) is 88.6 Å². The first-order chi connectivity index (χ1) is 14.8. The van der Waals surface area contributed by atoms with E-state index in [2.05, 4.69) is 32.7 Å². The Balaban J connectivity index is 1.52. The largest absolute Gasteiger partial charge is 0.390 e. The quantitative estimate of drug-likeness (QED) is 0.526. The Labute approximate surface area is 191 Å². The van der Waals surface area contributed by atoms with Crippen LogP contribution in [0.2, 0.25) is 0 Å². The number of thiazole rings is 1. The lowest BCUT2D eigenvalue weighted by Gasteiger charge is -2.57. The third-order valence-corrected chi connectivity index (χ3v) is 10.5. The Hall–Kier alpha value is -0.910. The van der Waals surface area contributed by atoms with Crippen LogP contribution in [0, 0.1) is 29.1 Å². The molecule has 0 saturated heterocycles. The molecule has 4 nitrogen and oxygen atoms in total. The van der Waals surface area contributed by atoms with Crippen LogP contribution in [0.3, 0.4) is 0 Å². The highest BCUT2D eigenvalue weighted by Gasteiger charge is 2.60. The highest BCUT2D eigenvalue weighted by atomic mass is 32.1. The number of anilines is 1. The average Bonchev–Trinajstić information content (AvgIpc) is 3.08. The Morgan fingerprint density at radius 1 is 1.10 bits per heavy atom. The van der Waals surface area contributed by atoms with E-state index in [-0.39, 0.29) is 17.3 Å². The molecule has 8 atom stereocenters. The summed E-state index contributed by atoms with van der Waals surface area (Å²) in [6, 6.07) is 0.556. The Morgan fingerprint density at radius 2 is 1.84 bits per heavy atom. The van der Waals surface area contributed by atoms with Crippen LogP contribution in [0.4, 0.5) is 5.13 Å². The van der Waals surface area contributed by atoms with Crippen LogP contribution >= 0.6 is 11.3 Å². The van der Waals surface area contributed by atoms with Crippen molar-refractivity contribution in [3.05, 3.63) is 22.7 Å². The summed E-state index contributed by atoms with van der Waals surface area (Å²) in [6.45, 7) is 11.1. The minimum absolute atomic E-state index is 0.0897. The lowest BCUT2D eigenvalue weighted by atomic mass is 9.50. The summed E-state index contributed by atoms with van der Waals surface area (Å²) < 4.78 is 0. The van der Waals surface area contributed by atoms with E-state index in [0.717, 1.165) is 30.8 Å². The zero-order valence-corrected chi connectivity index (χ0v) is 20.3. The molecule has 0 radical (unpaired) electrons. The third kappa shape index (κ3) is 3.59. The van der Waals surface area contributed by atoms with E-state index in [1.54, 1.807) is 0 Å². The van der Waals surface area contributed by atoms with Gasteiger partial charge in [-0.2, -0.15) is 0 Å². The molecule has 1 heterocycles. The summed E-state index contributed by atoms with van der Waals surface area (Å²) in [6.07, 6.45) is 9.08. The Bertz CT molecular complexity index is 831. The Morgan fingerprint density at radius 3 is 2.58 bits per heavy atom. The molecule has 0 amide bonds. The summed E-state index contributed by atoms with van der Waals surface area (Å²) in [5.74, 6) is 1.50. The molecule has 3 fully saturated rings. The predicted molar refractivity (Wildman–Crippen MR) is 127 cm³/mol. The van der Waals surface area contributed by atoms with E-state index in [1.165, 1.54) is 48.2 Å². The van der Waals surface area contributed by atoms with Gasteiger partial charge in [0.2, 0.25) is 0 Å². The van der Waals surface area contributed by atoms with Crippen LogP contribution in [-0.2, 0) is 6.42 Å². The van der Waals surface area contributed by atoms with Crippen molar-refractivity contribution < 1.29 is 10.2 Å². The van der Waals surface area contributed by atoms with Crippen LogP contribution in [0.15, 0.2) is 12.2 Å². The van der Waals surface area contributed by atoms with Crippen molar-refractivity contribution >= 4 is 16.5 Å². The lowest BCUT2D eigenvalue weighted by Crippen LogP contribution is -2.59. The Kier molecular flexibility index (Phi) is 5.76. The minimum atomic E-state index is -0.691. The van der Waals surface area contributed by atoms with Gasteiger partial charge in [0, 0.05) is 22.3 Å². The fourth-order valence-corrected chi connectivity index (χ4v) is 8.73. The van der Waals surface area contributed by atoms with E-state index >= 15 is 0 Å². The zero-order valence-electron chi connectivity index (χ0n) is 19.4. The number of aromatic nitrogens is 1. The molecule has 1 aromatic rings.